The Morgan fingerprint density at radius 3 is 2.81 bits per heavy atom. The predicted molar refractivity (Wildman–Crippen MR) is 76.9 cm³/mol. The van der Waals surface area contributed by atoms with Crippen LogP contribution in [0, 0.1) is 0 Å². The molecule has 110 valence electrons. The van der Waals surface area contributed by atoms with Crippen molar-refractivity contribution in [3.8, 4) is 0 Å². The van der Waals surface area contributed by atoms with E-state index < -0.39 is 21.8 Å². The Labute approximate surface area is 125 Å². The van der Waals surface area contributed by atoms with Crippen molar-refractivity contribution in [1.29, 1.82) is 0 Å². The number of amides is 1. The molecule has 9 heteroatoms. The lowest BCUT2D eigenvalue weighted by atomic mass is 10.2. The first kappa shape index (κ1) is 14.2. The summed E-state index contributed by atoms with van der Waals surface area (Å²) in [6.07, 6.45) is 0.404. The number of sulfone groups is 1. The maximum atomic E-state index is 12.0. The van der Waals surface area contributed by atoms with Gasteiger partial charge in [-0.15, -0.1) is 10.2 Å². The maximum absolute atomic E-state index is 12.0. The predicted octanol–water partition coefficient (Wildman–Crippen LogP) is 0.595. The van der Waals surface area contributed by atoms with Gasteiger partial charge in [-0.3, -0.25) is 4.79 Å². The smallest absolute Gasteiger partial charge is 0.291 e. The van der Waals surface area contributed by atoms with E-state index in [1.54, 1.807) is 18.2 Å². The molecule has 1 atom stereocenters. The molecule has 1 amide bonds. The van der Waals surface area contributed by atoms with Crippen molar-refractivity contribution in [3.63, 3.8) is 0 Å². The lowest BCUT2D eigenvalue weighted by molar-refractivity contribution is 0.0930. The molecule has 0 bridgehead atoms. The third-order valence-corrected chi connectivity index (χ3v) is 5.19. The van der Waals surface area contributed by atoms with E-state index in [0.29, 0.717) is 22.5 Å². The summed E-state index contributed by atoms with van der Waals surface area (Å²) in [5, 5.41) is 10.7. The standard InChI is InChI=1S/C12H11ClN4O3S/c13-7-1-2-9-10(5-7)15-11(17-16-9)12(18)14-8-3-4-21(19,20)6-8/h1-2,5,8H,3-4,6H2,(H,14,18)/t8-/m1/s1. The van der Waals surface area contributed by atoms with Gasteiger partial charge in [0, 0.05) is 11.1 Å². The Bertz CT molecular complexity index is 824. The summed E-state index contributed by atoms with van der Waals surface area (Å²) in [7, 11) is -3.05. The Kier molecular flexibility index (Phi) is 3.50. The molecule has 2 aromatic rings. The molecule has 7 nitrogen and oxygen atoms in total. The number of fused-ring (bicyclic) bond motifs is 1. The molecule has 2 heterocycles. The van der Waals surface area contributed by atoms with E-state index in [-0.39, 0.29) is 17.3 Å². The van der Waals surface area contributed by atoms with Crippen molar-refractivity contribution >= 4 is 38.4 Å². The zero-order chi connectivity index (χ0) is 15.0. The fourth-order valence-corrected chi connectivity index (χ4v) is 4.00. The third kappa shape index (κ3) is 3.11. The average molecular weight is 327 g/mol. The van der Waals surface area contributed by atoms with Crippen LogP contribution in [0.1, 0.15) is 17.0 Å². The lowest BCUT2D eigenvalue weighted by Crippen LogP contribution is -2.36. The number of hydrogen-bond donors (Lipinski definition) is 1. The van der Waals surface area contributed by atoms with Crippen molar-refractivity contribution in [2.24, 2.45) is 0 Å². The number of aromatic nitrogens is 3. The van der Waals surface area contributed by atoms with E-state index in [4.69, 9.17) is 11.6 Å². The minimum Gasteiger partial charge on any atom is -0.345 e. The van der Waals surface area contributed by atoms with Gasteiger partial charge >= 0.3 is 0 Å². The van der Waals surface area contributed by atoms with Crippen LogP contribution < -0.4 is 5.32 Å². The molecule has 1 N–H and O–H groups in total. The molecule has 1 aliphatic heterocycles. The molecule has 1 fully saturated rings. The van der Waals surface area contributed by atoms with E-state index in [9.17, 15) is 13.2 Å². The topological polar surface area (TPSA) is 102 Å². The Balaban J connectivity index is 1.81. The second kappa shape index (κ2) is 5.19. The highest BCUT2D eigenvalue weighted by Gasteiger charge is 2.29. The molecular formula is C12H11ClN4O3S. The second-order valence-corrected chi connectivity index (χ2v) is 7.51. The monoisotopic (exact) mass is 326 g/mol. The fourth-order valence-electron chi connectivity index (χ4n) is 2.16. The van der Waals surface area contributed by atoms with Crippen LogP contribution >= 0.6 is 11.6 Å². The van der Waals surface area contributed by atoms with Gasteiger partial charge in [-0.2, -0.15) is 0 Å². The van der Waals surface area contributed by atoms with Crippen molar-refractivity contribution < 1.29 is 13.2 Å². The van der Waals surface area contributed by atoms with Gasteiger partial charge in [0.05, 0.1) is 17.0 Å². The van der Waals surface area contributed by atoms with Gasteiger partial charge in [-0.05, 0) is 24.6 Å². The highest BCUT2D eigenvalue weighted by molar-refractivity contribution is 7.91. The highest BCUT2D eigenvalue weighted by atomic mass is 35.5. The van der Waals surface area contributed by atoms with Gasteiger partial charge in [0.2, 0.25) is 5.82 Å². The van der Waals surface area contributed by atoms with E-state index in [1.165, 1.54) is 0 Å². The van der Waals surface area contributed by atoms with E-state index in [0.717, 1.165) is 0 Å². The quantitative estimate of drug-likeness (QED) is 0.866. The molecule has 0 radical (unpaired) electrons. The number of carbonyl (C=O) groups is 1. The molecule has 1 aromatic heterocycles. The number of rotatable bonds is 2. The van der Waals surface area contributed by atoms with Crippen molar-refractivity contribution in [2.75, 3.05) is 11.5 Å². The molecule has 21 heavy (non-hydrogen) atoms. The number of halogens is 1. The first-order chi connectivity index (χ1) is 9.93. The van der Waals surface area contributed by atoms with Crippen LogP contribution in [0.3, 0.4) is 0 Å². The first-order valence-electron chi connectivity index (χ1n) is 6.24. The van der Waals surface area contributed by atoms with Crippen LogP contribution in [-0.4, -0.2) is 47.1 Å². The Hall–Kier alpha value is -1.80. The maximum Gasteiger partial charge on any atom is 0.291 e. The van der Waals surface area contributed by atoms with Gasteiger partial charge in [-0.1, -0.05) is 11.6 Å². The van der Waals surface area contributed by atoms with Crippen LogP contribution in [0.5, 0.6) is 0 Å². The molecule has 1 aromatic carbocycles. The number of hydrogen-bond acceptors (Lipinski definition) is 6. The number of nitrogens with one attached hydrogen (secondary N) is 1. The minimum absolute atomic E-state index is 0.0500. The van der Waals surface area contributed by atoms with Crippen molar-refractivity contribution in [3.05, 3.63) is 29.0 Å². The van der Waals surface area contributed by atoms with Gasteiger partial charge in [-0.25, -0.2) is 13.4 Å². The normalized spacial score (nSPS) is 20.5. The number of benzene rings is 1. The van der Waals surface area contributed by atoms with Gasteiger partial charge in [0.1, 0.15) is 5.52 Å². The molecular weight excluding hydrogens is 316 g/mol. The SMILES string of the molecule is O=C(N[C@@H]1CCS(=O)(=O)C1)c1nnc2ccc(Cl)cc2n1. The first-order valence-corrected chi connectivity index (χ1v) is 8.44. The van der Waals surface area contributed by atoms with E-state index in [1.807, 2.05) is 0 Å². The molecule has 1 aliphatic rings. The summed E-state index contributed by atoms with van der Waals surface area (Å²) in [5.74, 6) is -0.601. The highest BCUT2D eigenvalue weighted by Crippen LogP contribution is 2.15. The van der Waals surface area contributed by atoms with Gasteiger partial charge < -0.3 is 5.32 Å². The van der Waals surface area contributed by atoms with Gasteiger partial charge in [0.15, 0.2) is 9.84 Å². The summed E-state index contributed by atoms with van der Waals surface area (Å²) in [6, 6.07) is 4.50. The molecule has 1 saturated heterocycles. The Morgan fingerprint density at radius 1 is 1.29 bits per heavy atom. The fraction of sp³-hybridized carbons (Fsp3) is 0.333. The van der Waals surface area contributed by atoms with Crippen molar-refractivity contribution in [1.82, 2.24) is 20.5 Å². The second-order valence-electron chi connectivity index (χ2n) is 4.84. The summed E-state index contributed by atoms with van der Waals surface area (Å²) in [6.45, 7) is 0. The zero-order valence-corrected chi connectivity index (χ0v) is 12.4. The largest absolute Gasteiger partial charge is 0.345 e. The summed E-state index contributed by atoms with van der Waals surface area (Å²) >= 11 is 5.86. The van der Waals surface area contributed by atoms with E-state index >= 15 is 0 Å². The summed E-state index contributed by atoms with van der Waals surface area (Å²) in [4.78, 5) is 16.1. The summed E-state index contributed by atoms with van der Waals surface area (Å²) < 4.78 is 22.7. The number of nitrogens with zero attached hydrogens (tertiary/aromatic N) is 3. The molecule has 3 rings (SSSR count). The molecule has 0 saturated carbocycles. The zero-order valence-electron chi connectivity index (χ0n) is 10.8. The third-order valence-electron chi connectivity index (χ3n) is 3.19. The minimum atomic E-state index is -3.05. The Morgan fingerprint density at radius 2 is 2.10 bits per heavy atom. The average Bonchev–Trinajstić information content (AvgIpc) is 2.77. The molecule has 0 aliphatic carbocycles. The van der Waals surface area contributed by atoms with Crippen LogP contribution in [0.4, 0.5) is 0 Å². The molecule has 0 unspecified atom stereocenters. The van der Waals surface area contributed by atoms with Crippen molar-refractivity contribution in [2.45, 2.75) is 12.5 Å². The van der Waals surface area contributed by atoms with E-state index in [2.05, 4.69) is 20.5 Å². The van der Waals surface area contributed by atoms with Crippen LogP contribution in [0.15, 0.2) is 18.2 Å². The van der Waals surface area contributed by atoms with Crippen LogP contribution in [-0.2, 0) is 9.84 Å². The number of carbonyl (C=O) groups excluding carboxylic acids is 1. The van der Waals surface area contributed by atoms with Gasteiger partial charge in [0.25, 0.3) is 5.91 Å². The van der Waals surface area contributed by atoms with Crippen LogP contribution in [0.2, 0.25) is 5.02 Å². The van der Waals surface area contributed by atoms with Crippen LogP contribution in [0.25, 0.3) is 11.0 Å². The lowest BCUT2D eigenvalue weighted by Gasteiger charge is -2.09. The molecule has 0 spiro atoms. The summed E-state index contributed by atoms with van der Waals surface area (Å²) in [5.41, 5.74) is 0.987.